The Labute approximate surface area is 190 Å². The van der Waals surface area contributed by atoms with E-state index in [9.17, 15) is 0 Å². The molecule has 3 aromatic carbocycles. The number of methoxy groups -OCH3 is 2. The van der Waals surface area contributed by atoms with E-state index >= 15 is 0 Å². The van der Waals surface area contributed by atoms with Crippen LogP contribution in [0, 0.1) is 11.8 Å². The Balaban J connectivity index is 1.57. The molecule has 0 unspecified atom stereocenters. The summed E-state index contributed by atoms with van der Waals surface area (Å²) in [6, 6.07) is 25.1. The van der Waals surface area contributed by atoms with E-state index in [0.717, 1.165) is 11.5 Å². The van der Waals surface area contributed by atoms with Crippen LogP contribution in [0.2, 0.25) is 0 Å². The van der Waals surface area contributed by atoms with Gasteiger partial charge in [-0.1, -0.05) is 84.5 Å². The van der Waals surface area contributed by atoms with Crippen LogP contribution >= 0.6 is 0 Å². The molecular formula is C29H28O3. The zero-order valence-electron chi connectivity index (χ0n) is 18.7. The minimum atomic E-state index is -0.00103. The molecule has 1 fully saturated rings. The maximum Gasteiger partial charge on any atom is 0.161 e. The van der Waals surface area contributed by atoms with Crippen molar-refractivity contribution >= 4 is 12.2 Å². The normalized spacial score (nSPS) is 24.0. The lowest BCUT2D eigenvalue weighted by Gasteiger charge is -2.29. The predicted molar refractivity (Wildman–Crippen MR) is 129 cm³/mol. The maximum atomic E-state index is 6.61. The van der Waals surface area contributed by atoms with E-state index in [1.54, 1.807) is 14.2 Å². The van der Waals surface area contributed by atoms with Crippen molar-refractivity contribution in [1.29, 1.82) is 0 Å². The Morgan fingerprint density at radius 3 is 1.94 bits per heavy atom. The molecule has 5 rings (SSSR count). The average Bonchev–Trinajstić information content (AvgIpc) is 3.39. The first kappa shape index (κ1) is 20.6. The highest BCUT2D eigenvalue weighted by Crippen LogP contribution is 2.61. The van der Waals surface area contributed by atoms with Gasteiger partial charge in [-0.25, -0.2) is 0 Å². The largest absolute Gasteiger partial charge is 0.493 e. The summed E-state index contributed by atoms with van der Waals surface area (Å²) in [5.41, 5.74) is 6.16. The van der Waals surface area contributed by atoms with Gasteiger partial charge in [-0.15, -0.1) is 0 Å². The van der Waals surface area contributed by atoms with Gasteiger partial charge in [-0.05, 0) is 41.3 Å². The molecule has 0 amide bonds. The van der Waals surface area contributed by atoms with E-state index in [1.165, 1.54) is 27.8 Å². The lowest BCUT2D eigenvalue weighted by atomic mass is 9.72. The van der Waals surface area contributed by atoms with E-state index in [-0.39, 0.29) is 24.0 Å². The molecule has 0 spiro atoms. The SMILES string of the molecule is COc1cc2c(cc1OC)[C@@H]1O[C@H]2[C@@H](/C=C/c2ccccc2)[C@H]1/C(C)=C/c1ccccc1. The number of rotatable bonds is 6. The van der Waals surface area contributed by atoms with Crippen molar-refractivity contribution in [2.45, 2.75) is 19.1 Å². The molecule has 3 aromatic rings. The van der Waals surface area contributed by atoms with Crippen LogP contribution in [0.15, 0.2) is 84.4 Å². The van der Waals surface area contributed by atoms with Crippen LogP contribution in [-0.2, 0) is 4.74 Å². The highest BCUT2D eigenvalue weighted by molar-refractivity contribution is 5.58. The molecule has 0 aliphatic carbocycles. The van der Waals surface area contributed by atoms with Crippen LogP contribution in [0.25, 0.3) is 12.2 Å². The van der Waals surface area contributed by atoms with Gasteiger partial charge in [0.25, 0.3) is 0 Å². The minimum Gasteiger partial charge on any atom is -0.493 e. The highest BCUT2D eigenvalue weighted by Gasteiger charge is 2.52. The van der Waals surface area contributed by atoms with Crippen LogP contribution < -0.4 is 9.47 Å². The van der Waals surface area contributed by atoms with Gasteiger partial charge in [0.05, 0.1) is 26.4 Å². The van der Waals surface area contributed by atoms with E-state index < -0.39 is 0 Å². The van der Waals surface area contributed by atoms with Crippen LogP contribution in [0.1, 0.15) is 41.4 Å². The lowest BCUT2D eigenvalue weighted by molar-refractivity contribution is 0.0594. The van der Waals surface area contributed by atoms with Crippen molar-refractivity contribution < 1.29 is 14.2 Å². The van der Waals surface area contributed by atoms with Gasteiger partial charge >= 0.3 is 0 Å². The summed E-state index contributed by atoms with van der Waals surface area (Å²) in [4.78, 5) is 0. The fourth-order valence-electron chi connectivity index (χ4n) is 5.13. The Bertz CT molecular complexity index is 1150. The molecule has 0 radical (unpaired) electrons. The third kappa shape index (κ3) is 3.63. The van der Waals surface area contributed by atoms with Gasteiger partial charge < -0.3 is 14.2 Å². The maximum absolute atomic E-state index is 6.61. The molecule has 0 saturated carbocycles. The van der Waals surface area contributed by atoms with Crippen molar-refractivity contribution in [3.05, 3.63) is 107 Å². The second-order valence-corrected chi connectivity index (χ2v) is 8.49. The zero-order valence-corrected chi connectivity index (χ0v) is 18.7. The summed E-state index contributed by atoms with van der Waals surface area (Å²) in [6.45, 7) is 2.23. The summed E-state index contributed by atoms with van der Waals surface area (Å²) >= 11 is 0. The van der Waals surface area contributed by atoms with Gasteiger partial charge in [0.15, 0.2) is 11.5 Å². The fraction of sp³-hybridized carbons (Fsp3) is 0.241. The first-order valence-corrected chi connectivity index (χ1v) is 11.1. The molecule has 3 heteroatoms. The summed E-state index contributed by atoms with van der Waals surface area (Å²) < 4.78 is 17.8. The van der Waals surface area contributed by atoms with Crippen LogP contribution in [-0.4, -0.2) is 14.2 Å². The molecule has 2 bridgehead atoms. The smallest absolute Gasteiger partial charge is 0.161 e. The Kier molecular flexibility index (Phi) is 5.59. The fourth-order valence-corrected chi connectivity index (χ4v) is 5.13. The highest BCUT2D eigenvalue weighted by atomic mass is 16.5. The first-order valence-electron chi connectivity index (χ1n) is 11.1. The van der Waals surface area contributed by atoms with E-state index in [0.29, 0.717) is 0 Å². The Morgan fingerprint density at radius 1 is 0.781 bits per heavy atom. The standard InChI is InChI=1S/C29H28O3/c1-19(16-21-12-8-5-9-13-21)27-22(15-14-20-10-6-4-7-11-20)28-23-17-25(30-2)26(31-3)18-24(23)29(27)32-28/h4-18,22,27-29H,1-3H3/b15-14+,19-16+/t22-,27+,28-,29-/m0/s1. The predicted octanol–water partition coefficient (Wildman–Crippen LogP) is 6.88. The minimum absolute atomic E-state index is 0.000178. The molecule has 3 nitrogen and oxygen atoms in total. The molecule has 1 saturated heterocycles. The van der Waals surface area contributed by atoms with Crippen molar-refractivity contribution in [3.63, 3.8) is 0 Å². The van der Waals surface area contributed by atoms with E-state index in [2.05, 4.69) is 91.9 Å². The second-order valence-electron chi connectivity index (χ2n) is 8.49. The molecule has 2 aliphatic rings. The van der Waals surface area contributed by atoms with Crippen LogP contribution in [0.3, 0.4) is 0 Å². The first-order chi connectivity index (χ1) is 15.7. The molecule has 0 aromatic heterocycles. The number of hydrogen-bond acceptors (Lipinski definition) is 3. The summed E-state index contributed by atoms with van der Waals surface area (Å²) in [7, 11) is 3.36. The Hall–Kier alpha value is -3.30. The van der Waals surface area contributed by atoms with Crippen molar-refractivity contribution in [3.8, 4) is 11.5 Å². The van der Waals surface area contributed by atoms with Crippen LogP contribution in [0.5, 0.6) is 11.5 Å². The van der Waals surface area contributed by atoms with Crippen molar-refractivity contribution in [2.75, 3.05) is 14.2 Å². The second kappa shape index (κ2) is 8.68. The van der Waals surface area contributed by atoms with Gasteiger partial charge in [-0.3, -0.25) is 0 Å². The molecular weight excluding hydrogens is 396 g/mol. The molecule has 2 heterocycles. The number of hydrogen-bond donors (Lipinski definition) is 0. The quantitative estimate of drug-likeness (QED) is 0.432. The average molecular weight is 425 g/mol. The molecule has 0 N–H and O–H groups in total. The summed E-state index contributed by atoms with van der Waals surface area (Å²) in [5.74, 6) is 2.00. The molecule has 162 valence electrons. The lowest BCUT2D eigenvalue weighted by Crippen LogP contribution is -2.21. The molecule has 32 heavy (non-hydrogen) atoms. The summed E-state index contributed by atoms with van der Waals surface area (Å²) in [6.07, 6.45) is 6.84. The monoisotopic (exact) mass is 424 g/mol. The summed E-state index contributed by atoms with van der Waals surface area (Å²) in [5, 5.41) is 0. The van der Waals surface area contributed by atoms with Crippen LogP contribution in [0.4, 0.5) is 0 Å². The van der Waals surface area contributed by atoms with E-state index in [1.807, 2.05) is 6.07 Å². The third-order valence-electron chi connectivity index (χ3n) is 6.62. The zero-order chi connectivity index (χ0) is 22.1. The molecule has 4 atom stereocenters. The van der Waals surface area contributed by atoms with Gasteiger partial charge in [0, 0.05) is 11.8 Å². The third-order valence-corrected chi connectivity index (χ3v) is 6.62. The van der Waals surface area contributed by atoms with Gasteiger partial charge in [0.1, 0.15) is 0 Å². The van der Waals surface area contributed by atoms with Gasteiger partial charge in [-0.2, -0.15) is 0 Å². The van der Waals surface area contributed by atoms with Gasteiger partial charge in [0.2, 0.25) is 0 Å². The topological polar surface area (TPSA) is 27.7 Å². The van der Waals surface area contributed by atoms with E-state index in [4.69, 9.17) is 14.2 Å². The van der Waals surface area contributed by atoms with Crippen molar-refractivity contribution in [2.24, 2.45) is 11.8 Å². The number of benzene rings is 3. The Morgan fingerprint density at radius 2 is 1.34 bits per heavy atom. The molecule has 2 aliphatic heterocycles. The number of ether oxygens (including phenoxy) is 3. The van der Waals surface area contributed by atoms with Crippen molar-refractivity contribution in [1.82, 2.24) is 0 Å². The number of fused-ring (bicyclic) bond motifs is 5.